The highest BCUT2D eigenvalue weighted by atomic mass is 16.5. The number of methoxy groups -OCH3 is 1. The van der Waals surface area contributed by atoms with Crippen LogP contribution in [0.5, 0.6) is 5.75 Å². The number of piperazine rings is 1. The number of H-pyrrole nitrogens is 1. The average Bonchev–Trinajstić information content (AvgIpc) is 3.28. The Bertz CT molecular complexity index is 995. The highest BCUT2D eigenvalue weighted by Gasteiger charge is 2.21. The van der Waals surface area contributed by atoms with Crippen LogP contribution in [0, 0.1) is 0 Å². The van der Waals surface area contributed by atoms with Crippen molar-refractivity contribution in [2.75, 3.05) is 55.0 Å². The van der Waals surface area contributed by atoms with Crippen LogP contribution in [0.25, 0.3) is 0 Å². The molecule has 2 aliphatic rings. The number of benzene rings is 1. The molecule has 1 saturated heterocycles. The molecule has 5 rings (SSSR count). The van der Waals surface area contributed by atoms with Gasteiger partial charge in [0, 0.05) is 56.6 Å². The predicted molar refractivity (Wildman–Crippen MR) is 119 cm³/mol. The van der Waals surface area contributed by atoms with E-state index in [4.69, 9.17) is 4.74 Å². The first-order valence-electron chi connectivity index (χ1n) is 10.4. The molecular formula is C22H27N7O. The quantitative estimate of drug-likeness (QED) is 0.602. The number of aromatic nitrogens is 3. The summed E-state index contributed by atoms with van der Waals surface area (Å²) in [4.78, 5) is 16.9. The first kappa shape index (κ1) is 18.7. The molecule has 1 aromatic carbocycles. The van der Waals surface area contributed by atoms with Crippen molar-refractivity contribution in [2.24, 2.45) is 0 Å². The van der Waals surface area contributed by atoms with Crippen LogP contribution in [0.15, 0.2) is 42.9 Å². The second-order valence-corrected chi connectivity index (χ2v) is 7.65. The number of nitrogens with one attached hydrogen (secondary N) is 3. The molecule has 0 saturated carbocycles. The van der Waals surface area contributed by atoms with Crippen LogP contribution >= 0.6 is 0 Å². The van der Waals surface area contributed by atoms with E-state index in [0.29, 0.717) is 0 Å². The fourth-order valence-electron chi connectivity index (χ4n) is 4.15. The van der Waals surface area contributed by atoms with Crippen molar-refractivity contribution in [3.63, 3.8) is 0 Å². The van der Waals surface area contributed by atoms with Crippen LogP contribution in [0.3, 0.4) is 0 Å². The standard InChI is InChI=1S/C22H27N7O/c1-30-21-13-24-22(12-20(21)29-9-6-18-19(14-29)26-15-25-18)27-16-2-4-17(5-3-16)28-10-7-23-8-11-28/h2-5,12-13,15,23H,6-11,14H2,1H3,(H,24,27)(H,25,26). The van der Waals surface area contributed by atoms with Gasteiger partial charge >= 0.3 is 0 Å². The molecule has 0 unspecified atom stereocenters. The lowest BCUT2D eigenvalue weighted by atomic mass is 10.1. The maximum absolute atomic E-state index is 5.59. The Hall–Kier alpha value is -3.26. The Kier molecular flexibility index (Phi) is 5.15. The van der Waals surface area contributed by atoms with E-state index >= 15 is 0 Å². The first-order valence-corrected chi connectivity index (χ1v) is 10.4. The summed E-state index contributed by atoms with van der Waals surface area (Å²) in [5.41, 5.74) is 5.63. The zero-order valence-corrected chi connectivity index (χ0v) is 17.2. The molecule has 3 N–H and O–H groups in total. The van der Waals surface area contributed by atoms with Crippen LogP contribution < -0.4 is 25.2 Å². The highest BCUT2D eigenvalue weighted by molar-refractivity contribution is 5.68. The van der Waals surface area contributed by atoms with Gasteiger partial charge in [-0.05, 0) is 24.3 Å². The minimum absolute atomic E-state index is 0.776. The van der Waals surface area contributed by atoms with E-state index in [2.05, 4.69) is 65.7 Å². The summed E-state index contributed by atoms with van der Waals surface area (Å²) in [5, 5.41) is 6.83. The van der Waals surface area contributed by atoms with E-state index in [0.717, 1.165) is 80.0 Å². The number of nitrogens with zero attached hydrogens (tertiary/aromatic N) is 4. The largest absolute Gasteiger partial charge is 0.493 e. The molecule has 2 aromatic heterocycles. The molecule has 4 heterocycles. The van der Waals surface area contributed by atoms with Crippen LogP contribution in [-0.4, -0.2) is 54.8 Å². The second kappa shape index (κ2) is 8.23. The molecule has 0 radical (unpaired) electrons. The smallest absolute Gasteiger partial charge is 0.160 e. The van der Waals surface area contributed by atoms with Gasteiger partial charge in [-0.1, -0.05) is 0 Å². The van der Waals surface area contributed by atoms with Gasteiger partial charge in [-0.25, -0.2) is 9.97 Å². The summed E-state index contributed by atoms with van der Waals surface area (Å²) in [5.74, 6) is 1.58. The van der Waals surface area contributed by atoms with E-state index < -0.39 is 0 Å². The minimum atomic E-state index is 0.776. The topological polar surface area (TPSA) is 81.3 Å². The molecule has 3 aromatic rings. The van der Waals surface area contributed by atoms with Crippen molar-refractivity contribution in [2.45, 2.75) is 13.0 Å². The van der Waals surface area contributed by atoms with Gasteiger partial charge in [0.05, 0.1) is 43.3 Å². The lowest BCUT2D eigenvalue weighted by Gasteiger charge is -2.30. The molecule has 0 aliphatic carbocycles. The van der Waals surface area contributed by atoms with E-state index in [1.54, 1.807) is 19.6 Å². The van der Waals surface area contributed by atoms with E-state index in [1.807, 2.05) is 0 Å². The summed E-state index contributed by atoms with van der Waals surface area (Å²) < 4.78 is 5.59. The van der Waals surface area contributed by atoms with Gasteiger partial charge < -0.3 is 30.2 Å². The van der Waals surface area contributed by atoms with Gasteiger partial charge in [0.25, 0.3) is 0 Å². The highest BCUT2D eigenvalue weighted by Crippen LogP contribution is 2.33. The number of fused-ring (bicyclic) bond motifs is 1. The van der Waals surface area contributed by atoms with Gasteiger partial charge in [0.15, 0.2) is 5.75 Å². The molecule has 0 atom stereocenters. The maximum atomic E-state index is 5.59. The number of hydrogen-bond donors (Lipinski definition) is 3. The fourth-order valence-corrected chi connectivity index (χ4v) is 4.15. The maximum Gasteiger partial charge on any atom is 0.160 e. The third-order valence-electron chi connectivity index (χ3n) is 5.80. The molecule has 156 valence electrons. The normalized spacial score (nSPS) is 16.3. The Morgan fingerprint density at radius 2 is 1.87 bits per heavy atom. The number of hydrogen-bond acceptors (Lipinski definition) is 7. The zero-order chi connectivity index (χ0) is 20.3. The van der Waals surface area contributed by atoms with E-state index in [1.165, 1.54) is 5.69 Å². The molecular weight excluding hydrogens is 378 g/mol. The molecule has 0 spiro atoms. The van der Waals surface area contributed by atoms with Crippen molar-refractivity contribution >= 4 is 22.9 Å². The Labute approximate surface area is 176 Å². The van der Waals surface area contributed by atoms with E-state index in [9.17, 15) is 0 Å². The van der Waals surface area contributed by atoms with E-state index in [-0.39, 0.29) is 0 Å². The van der Waals surface area contributed by atoms with Gasteiger partial charge in [0.1, 0.15) is 5.82 Å². The average molecular weight is 406 g/mol. The lowest BCUT2D eigenvalue weighted by molar-refractivity contribution is 0.412. The summed E-state index contributed by atoms with van der Waals surface area (Å²) in [6.07, 6.45) is 4.48. The summed E-state index contributed by atoms with van der Waals surface area (Å²) in [7, 11) is 1.69. The first-order chi connectivity index (χ1) is 14.8. The molecule has 0 amide bonds. The summed E-state index contributed by atoms with van der Waals surface area (Å²) in [6.45, 7) is 5.85. The predicted octanol–water partition coefficient (Wildman–Crippen LogP) is 2.53. The van der Waals surface area contributed by atoms with Gasteiger partial charge in [-0.15, -0.1) is 0 Å². The third-order valence-corrected chi connectivity index (χ3v) is 5.80. The number of imidazole rings is 1. The summed E-state index contributed by atoms with van der Waals surface area (Å²) >= 11 is 0. The van der Waals surface area contributed by atoms with Crippen molar-refractivity contribution in [1.29, 1.82) is 0 Å². The Morgan fingerprint density at radius 1 is 1.03 bits per heavy atom. The molecule has 8 heteroatoms. The molecule has 8 nitrogen and oxygen atoms in total. The number of ether oxygens (including phenoxy) is 1. The second-order valence-electron chi connectivity index (χ2n) is 7.65. The molecule has 30 heavy (non-hydrogen) atoms. The van der Waals surface area contributed by atoms with Crippen molar-refractivity contribution in [1.82, 2.24) is 20.3 Å². The van der Waals surface area contributed by atoms with Crippen LogP contribution in [0.2, 0.25) is 0 Å². The Morgan fingerprint density at radius 3 is 2.67 bits per heavy atom. The number of rotatable bonds is 5. The van der Waals surface area contributed by atoms with Crippen molar-refractivity contribution in [3.8, 4) is 5.75 Å². The molecule has 2 aliphatic heterocycles. The van der Waals surface area contributed by atoms with Crippen molar-refractivity contribution in [3.05, 3.63) is 54.2 Å². The van der Waals surface area contributed by atoms with Gasteiger partial charge in [0.2, 0.25) is 0 Å². The summed E-state index contributed by atoms with van der Waals surface area (Å²) in [6, 6.07) is 10.6. The van der Waals surface area contributed by atoms with Crippen LogP contribution in [0.4, 0.5) is 22.9 Å². The monoisotopic (exact) mass is 405 g/mol. The molecule has 0 bridgehead atoms. The van der Waals surface area contributed by atoms with Crippen LogP contribution in [0.1, 0.15) is 11.4 Å². The van der Waals surface area contributed by atoms with Gasteiger partial charge in [-0.3, -0.25) is 0 Å². The van der Waals surface area contributed by atoms with Gasteiger partial charge in [-0.2, -0.15) is 0 Å². The number of aromatic amines is 1. The fraction of sp³-hybridized carbons (Fsp3) is 0.364. The van der Waals surface area contributed by atoms with Crippen molar-refractivity contribution < 1.29 is 4.74 Å². The number of anilines is 4. The number of pyridine rings is 1. The Balaban J connectivity index is 1.33. The van der Waals surface area contributed by atoms with Crippen LogP contribution in [-0.2, 0) is 13.0 Å². The minimum Gasteiger partial charge on any atom is -0.493 e. The molecule has 1 fully saturated rings. The third kappa shape index (κ3) is 3.78. The SMILES string of the molecule is COc1cnc(Nc2ccc(N3CCNCC3)cc2)cc1N1CCc2nc[nH]c2C1. The zero-order valence-electron chi connectivity index (χ0n) is 17.2. The lowest BCUT2D eigenvalue weighted by Crippen LogP contribution is -2.43.